The largest absolute Gasteiger partial charge is 0.342 e. The van der Waals surface area contributed by atoms with Crippen LogP contribution in [0, 0.1) is 20.8 Å². The average molecular weight is 456 g/mol. The zero-order chi connectivity index (χ0) is 22.7. The van der Waals surface area contributed by atoms with Crippen LogP contribution >= 0.6 is 11.3 Å². The Hall–Kier alpha value is -2.29. The van der Waals surface area contributed by atoms with Gasteiger partial charge in [-0.3, -0.25) is 19.4 Å². The Morgan fingerprint density at radius 1 is 0.938 bits per heavy atom. The van der Waals surface area contributed by atoms with Crippen LogP contribution in [-0.2, 0) is 9.59 Å². The summed E-state index contributed by atoms with van der Waals surface area (Å²) in [6.07, 6.45) is 2.25. The second-order valence-corrected chi connectivity index (χ2v) is 9.86. The first-order valence-corrected chi connectivity index (χ1v) is 12.3. The molecule has 7 nitrogen and oxygen atoms in total. The number of benzene rings is 1. The molecule has 0 radical (unpaired) electrons. The molecule has 2 aliphatic heterocycles. The molecule has 32 heavy (non-hydrogen) atoms. The number of anilines is 1. The molecule has 0 unspecified atom stereocenters. The van der Waals surface area contributed by atoms with Gasteiger partial charge in [-0.15, -0.1) is 11.3 Å². The fourth-order valence-electron chi connectivity index (χ4n) is 4.76. The molecule has 0 saturated carbocycles. The van der Waals surface area contributed by atoms with Crippen molar-refractivity contribution in [1.29, 1.82) is 0 Å². The topological polar surface area (TPSA) is 68.8 Å². The van der Waals surface area contributed by atoms with Crippen molar-refractivity contribution in [3.8, 4) is 11.3 Å². The maximum atomic E-state index is 12.6. The predicted octanol–water partition coefficient (Wildman–Crippen LogP) is 2.91. The number of likely N-dealkylation sites (tertiary alicyclic amines) is 1. The van der Waals surface area contributed by atoms with Gasteiger partial charge in [0.15, 0.2) is 5.13 Å². The molecule has 3 heterocycles. The Kier molecular flexibility index (Phi) is 7.23. The summed E-state index contributed by atoms with van der Waals surface area (Å²) in [6.45, 7) is 12.2. The minimum atomic E-state index is -0.0372. The zero-order valence-electron chi connectivity index (χ0n) is 19.3. The van der Waals surface area contributed by atoms with Crippen LogP contribution in [0.15, 0.2) is 17.5 Å². The van der Waals surface area contributed by atoms with E-state index in [4.69, 9.17) is 0 Å². The molecule has 2 aromatic rings. The fourth-order valence-corrected chi connectivity index (χ4v) is 5.47. The number of carbonyl (C=O) groups excluding carboxylic acids is 2. The molecule has 0 aliphatic carbocycles. The lowest BCUT2D eigenvalue weighted by molar-refractivity contribution is -0.132. The van der Waals surface area contributed by atoms with E-state index in [0.717, 1.165) is 63.4 Å². The number of hydrogen-bond acceptors (Lipinski definition) is 6. The van der Waals surface area contributed by atoms with E-state index in [2.05, 4.69) is 53.0 Å². The number of nitrogens with zero attached hydrogens (tertiary/aromatic N) is 4. The van der Waals surface area contributed by atoms with E-state index in [1.165, 1.54) is 28.0 Å². The molecule has 0 atom stereocenters. The molecule has 2 saturated heterocycles. The normalized spacial score (nSPS) is 17.7. The third kappa shape index (κ3) is 5.54. The molecule has 2 aliphatic rings. The molecule has 1 N–H and O–H groups in total. The first-order chi connectivity index (χ1) is 15.4. The van der Waals surface area contributed by atoms with Crippen molar-refractivity contribution < 1.29 is 9.59 Å². The summed E-state index contributed by atoms with van der Waals surface area (Å²) in [6, 6.07) is 4.33. The average Bonchev–Trinajstić information content (AvgIpc) is 3.41. The summed E-state index contributed by atoms with van der Waals surface area (Å²) in [5.74, 6) is 0.206. The Morgan fingerprint density at radius 3 is 2.16 bits per heavy atom. The van der Waals surface area contributed by atoms with Gasteiger partial charge in [0.05, 0.1) is 18.8 Å². The van der Waals surface area contributed by atoms with Crippen LogP contribution in [-0.4, -0.2) is 83.9 Å². The smallest absolute Gasteiger partial charge is 0.240 e. The Labute approximate surface area is 194 Å². The quantitative estimate of drug-likeness (QED) is 0.725. The number of thiazole rings is 1. The molecule has 4 rings (SSSR count). The molecule has 0 bridgehead atoms. The number of carbonyl (C=O) groups is 2. The van der Waals surface area contributed by atoms with Crippen LogP contribution in [0.1, 0.15) is 29.5 Å². The van der Waals surface area contributed by atoms with Gasteiger partial charge in [0.2, 0.25) is 11.8 Å². The van der Waals surface area contributed by atoms with Crippen molar-refractivity contribution in [2.24, 2.45) is 0 Å². The number of piperazine rings is 1. The highest BCUT2D eigenvalue weighted by Gasteiger charge is 2.24. The van der Waals surface area contributed by atoms with E-state index in [-0.39, 0.29) is 11.8 Å². The van der Waals surface area contributed by atoms with Crippen LogP contribution in [0.5, 0.6) is 0 Å². The molecular formula is C24H33N5O2S. The standard InChI is InChI=1S/C24H33N5O2S/c1-17-12-18(2)23(19(3)13-17)20-16-32-24(25-20)26-21(30)14-27-8-10-28(11-9-27)15-22(31)29-6-4-5-7-29/h12-13,16H,4-11,14-15H2,1-3H3,(H,25,26,30). The number of amides is 2. The summed E-state index contributed by atoms with van der Waals surface area (Å²) in [5.41, 5.74) is 5.70. The summed E-state index contributed by atoms with van der Waals surface area (Å²) in [4.78, 5) is 35.9. The van der Waals surface area contributed by atoms with Crippen LogP contribution in [0.3, 0.4) is 0 Å². The Morgan fingerprint density at radius 2 is 1.53 bits per heavy atom. The minimum Gasteiger partial charge on any atom is -0.342 e. The number of hydrogen-bond donors (Lipinski definition) is 1. The van der Waals surface area contributed by atoms with Gasteiger partial charge in [-0.25, -0.2) is 4.98 Å². The van der Waals surface area contributed by atoms with Gasteiger partial charge in [0, 0.05) is 50.2 Å². The molecule has 1 aromatic carbocycles. The van der Waals surface area contributed by atoms with E-state index in [1.807, 2.05) is 10.3 Å². The molecule has 172 valence electrons. The van der Waals surface area contributed by atoms with Gasteiger partial charge in [0.1, 0.15) is 0 Å². The van der Waals surface area contributed by atoms with E-state index in [0.29, 0.717) is 18.2 Å². The van der Waals surface area contributed by atoms with Crippen molar-refractivity contribution in [1.82, 2.24) is 19.7 Å². The van der Waals surface area contributed by atoms with Crippen LogP contribution in [0.25, 0.3) is 11.3 Å². The SMILES string of the molecule is Cc1cc(C)c(-c2csc(NC(=O)CN3CCN(CC(=O)N4CCCC4)CC3)n2)c(C)c1. The summed E-state index contributed by atoms with van der Waals surface area (Å²) in [7, 11) is 0. The molecule has 1 aromatic heterocycles. The van der Waals surface area contributed by atoms with Gasteiger partial charge >= 0.3 is 0 Å². The van der Waals surface area contributed by atoms with Crippen molar-refractivity contribution in [3.05, 3.63) is 34.2 Å². The van der Waals surface area contributed by atoms with Crippen LogP contribution in [0.4, 0.5) is 5.13 Å². The number of nitrogens with one attached hydrogen (secondary N) is 1. The van der Waals surface area contributed by atoms with E-state index in [9.17, 15) is 9.59 Å². The number of aryl methyl sites for hydroxylation is 3. The third-order valence-electron chi connectivity index (χ3n) is 6.33. The van der Waals surface area contributed by atoms with Crippen molar-refractivity contribution in [2.45, 2.75) is 33.6 Å². The highest BCUT2D eigenvalue weighted by atomic mass is 32.1. The van der Waals surface area contributed by atoms with Gasteiger partial charge in [-0.2, -0.15) is 0 Å². The summed E-state index contributed by atoms with van der Waals surface area (Å²) >= 11 is 1.46. The second-order valence-electron chi connectivity index (χ2n) is 9.00. The summed E-state index contributed by atoms with van der Waals surface area (Å²) < 4.78 is 0. The maximum Gasteiger partial charge on any atom is 0.240 e. The van der Waals surface area contributed by atoms with Gasteiger partial charge < -0.3 is 10.2 Å². The van der Waals surface area contributed by atoms with Gasteiger partial charge in [0.25, 0.3) is 0 Å². The van der Waals surface area contributed by atoms with Crippen LogP contribution < -0.4 is 5.32 Å². The Bertz CT molecular complexity index is 952. The van der Waals surface area contributed by atoms with Crippen molar-refractivity contribution in [2.75, 3.05) is 57.7 Å². The van der Waals surface area contributed by atoms with E-state index in [1.54, 1.807) is 0 Å². The van der Waals surface area contributed by atoms with Gasteiger partial charge in [-0.05, 0) is 44.7 Å². The third-order valence-corrected chi connectivity index (χ3v) is 7.09. The first kappa shape index (κ1) is 22.9. The van der Waals surface area contributed by atoms with Crippen LogP contribution in [0.2, 0.25) is 0 Å². The second kappa shape index (κ2) is 10.1. The maximum absolute atomic E-state index is 12.6. The monoisotopic (exact) mass is 455 g/mol. The van der Waals surface area contributed by atoms with E-state index >= 15 is 0 Å². The highest BCUT2D eigenvalue weighted by molar-refractivity contribution is 7.14. The van der Waals surface area contributed by atoms with Crippen molar-refractivity contribution in [3.63, 3.8) is 0 Å². The van der Waals surface area contributed by atoms with Crippen molar-refractivity contribution >= 4 is 28.3 Å². The fraction of sp³-hybridized carbons (Fsp3) is 0.542. The minimum absolute atomic E-state index is 0.0372. The Balaban J connectivity index is 1.25. The number of aromatic nitrogens is 1. The lowest BCUT2D eigenvalue weighted by Gasteiger charge is -2.34. The first-order valence-electron chi connectivity index (χ1n) is 11.4. The lowest BCUT2D eigenvalue weighted by atomic mass is 9.98. The lowest BCUT2D eigenvalue weighted by Crippen LogP contribution is -2.51. The predicted molar refractivity (Wildman–Crippen MR) is 129 cm³/mol. The highest BCUT2D eigenvalue weighted by Crippen LogP contribution is 2.31. The molecule has 8 heteroatoms. The number of rotatable bonds is 6. The molecule has 2 amide bonds. The van der Waals surface area contributed by atoms with E-state index < -0.39 is 0 Å². The summed E-state index contributed by atoms with van der Waals surface area (Å²) in [5, 5.41) is 5.61. The molecule has 0 spiro atoms. The molecule has 2 fully saturated rings. The molecular weight excluding hydrogens is 422 g/mol. The zero-order valence-corrected chi connectivity index (χ0v) is 20.1. The van der Waals surface area contributed by atoms with Gasteiger partial charge in [-0.1, -0.05) is 17.7 Å².